The molecule has 1 aromatic carbocycles. The van der Waals surface area contributed by atoms with E-state index in [0.717, 1.165) is 16.8 Å². The van der Waals surface area contributed by atoms with Gasteiger partial charge >= 0.3 is 19.4 Å². The third-order valence-corrected chi connectivity index (χ3v) is 6.73. The number of hydrogen-bond donors (Lipinski definition) is 3. The number of aromatic amines is 1. The molecule has 0 bridgehead atoms. The molecule has 1 aromatic heterocycles. The average Bonchev–Trinajstić information content (AvgIpc) is 3.13. The molecule has 1 aliphatic rings. The minimum absolute atomic E-state index is 0.167. The van der Waals surface area contributed by atoms with Crippen LogP contribution in [-0.4, -0.2) is 57.6 Å². The molecule has 0 aliphatic carbocycles. The van der Waals surface area contributed by atoms with Gasteiger partial charge in [0.1, 0.15) is 30.2 Å². The van der Waals surface area contributed by atoms with E-state index in [2.05, 4.69) is 15.1 Å². The molecule has 0 radical (unpaired) electrons. The maximum absolute atomic E-state index is 13.6. The first-order valence-corrected chi connectivity index (χ1v) is 12.7. The van der Waals surface area contributed by atoms with Crippen LogP contribution in [0.3, 0.4) is 0 Å². The van der Waals surface area contributed by atoms with Gasteiger partial charge < -0.3 is 19.1 Å². The van der Waals surface area contributed by atoms with E-state index < -0.39 is 68.2 Å². The van der Waals surface area contributed by atoms with Crippen molar-refractivity contribution in [1.29, 1.82) is 0 Å². The molecule has 200 valence electrons. The molecule has 16 heteroatoms. The number of H-pyrrole nitrogens is 1. The summed E-state index contributed by atoms with van der Waals surface area (Å²) < 4.78 is 36.4. The second kappa shape index (κ2) is 12.2. The summed E-state index contributed by atoms with van der Waals surface area (Å²) in [6.07, 6.45) is -3.33. The predicted octanol–water partition coefficient (Wildman–Crippen LogP) is 1.61. The van der Waals surface area contributed by atoms with Crippen molar-refractivity contribution >= 4 is 13.7 Å². The van der Waals surface area contributed by atoms with Crippen LogP contribution in [0.2, 0.25) is 0 Å². The number of nitrogens with one attached hydrogen (secondary N) is 2. The first-order valence-electron chi connectivity index (χ1n) is 11.2. The van der Waals surface area contributed by atoms with Crippen LogP contribution in [0.1, 0.15) is 27.0 Å². The minimum Gasteiger partial charge on any atom is -0.462 e. The Labute approximate surface area is 210 Å². The van der Waals surface area contributed by atoms with Crippen molar-refractivity contribution in [3.63, 3.8) is 0 Å². The molecule has 0 saturated carbocycles. The van der Waals surface area contributed by atoms with Crippen LogP contribution in [0, 0.1) is 0 Å². The third kappa shape index (κ3) is 7.29. The van der Waals surface area contributed by atoms with Crippen molar-refractivity contribution < 1.29 is 33.0 Å². The first kappa shape index (κ1) is 28.1. The molecule has 37 heavy (non-hydrogen) atoms. The fourth-order valence-corrected chi connectivity index (χ4v) is 4.92. The third-order valence-electron chi connectivity index (χ3n) is 5.08. The zero-order valence-corrected chi connectivity index (χ0v) is 21.1. The monoisotopic (exact) mass is 538 g/mol. The van der Waals surface area contributed by atoms with Gasteiger partial charge in [0, 0.05) is 17.2 Å². The summed E-state index contributed by atoms with van der Waals surface area (Å²) in [7, 11) is -4.28. The Kier molecular flexibility index (Phi) is 9.27. The molecule has 0 spiro atoms. The van der Waals surface area contributed by atoms with Crippen molar-refractivity contribution in [3.05, 3.63) is 73.9 Å². The second-order valence-electron chi connectivity index (χ2n) is 8.30. The molecule has 1 aliphatic heterocycles. The van der Waals surface area contributed by atoms with Crippen LogP contribution in [-0.2, 0) is 23.4 Å². The van der Waals surface area contributed by atoms with Gasteiger partial charge in [-0.05, 0) is 38.4 Å². The summed E-state index contributed by atoms with van der Waals surface area (Å²) in [4.78, 5) is 40.6. The molecular weight excluding hydrogens is 511 g/mol. The van der Waals surface area contributed by atoms with Crippen molar-refractivity contribution in [1.82, 2.24) is 14.6 Å². The Morgan fingerprint density at radius 1 is 1.30 bits per heavy atom. The van der Waals surface area contributed by atoms with Gasteiger partial charge in [-0.1, -0.05) is 23.3 Å². The van der Waals surface area contributed by atoms with Crippen LogP contribution in [0.5, 0.6) is 5.75 Å². The first-order chi connectivity index (χ1) is 17.5. The topological polar surface area (TPSA) is 207 Å². The van der Waals surface area contributed by atoms with E-state index in [9.17, 15) is 24.1 Å². The van der Waals surface area contributed by atoms with Gasteiger partial charge in [0.25, 0.3) is 5.56 Å². The number of aliphatic hydroxyl groups excluding tert-OH is 1. The molecule has 1 saturated heterocycles. The molecule has 3 rings (SSSR count). The number of carbonyl (C=O) groups is 1. The molecular formula is C21H27N6O9P. The van der Waals surface area contributed by atoms with Crippen LogP contribution < -0.4 is 20.9 Å². The predicted molar refractivity (Wildman–Crippen MR) is 129 cm³/mol. The van der Waals surface area contributed by atoms with Crippen LogP contribution >= 0.6 is 7.75 Å². The summed E-state index contributed by atoms with van der Waals surface area (Å²) >= 11 is 0. The Balaban J connectivity index is 1.82. The summed E-state index contributed by atoms with van der Waals surface area (Å²) in [6.45, 7) is 4.16. The van der Waals surface area contributed by atoms with Crippen LogP contribution in [0.15, 0.2) is 57.3 Å². The number of rotatable bonds is 11. The van der Waals surface area contributed by atoms with Gasteiger partial charge in [-0.3, -0.25) is 23.7 Å². The number of esters is 1. The normalized spacial score (nSPS) is 23.6. The molecule has 2 aromatic rings. The Morgan fingerprint density at radius 2 is 2.00 bits per heavy atom. The summed E-state index contributed by atoms with van der Waals surface area (Å²) in [5.74, 6) is -0.533. The number of ether oxygens (including phenoxy) is 2. The average molecular weight is 538 g/mol. The lowest BCUT2D eigenvalue weighted by atomic mass is 10.1. The number of para-hydroxylation sites is 1. The zero-order chi connectivity index (χ0) is 27.2. The number of benzene rings is 1. The lowest BCUT2D eigenvalue weighted by Gasteiger charge is -2.25. The van der Waals surface area contributed by atoms with Crippen molar-refractivity contribution in [2.75, 3.05) is 6.61 Å². The van der Waals surface area contributed by atoms with Crippen molar-refractivity contribution in [3.8, 4) is 5.75 Å². The molecule has 6 atom stereocenters. The Bertz CT molecular complexity index is 1290. The molecule has 15 nitrogen and oxygen atoms in total. The molecule has 1 fully saturated rings. The molecule has 3 N–H and O–H groups in total. The fraction of sp³-hybridized carbons (Fsp3) is 0.476. The van der Waals surface area contributed by atoms with Gasteiger partial charge in [0.05, 0.1) is 18.8 Å². The second-order valence-corrected chi connectivity index (χ2v) is 10.00. The van der Waals surface area contributed by atoms with E-state index in [4.69, 9.17) is 24.1 Å². The van der Waals surface area contributed by atoms with E-state index in [1.54, 1.807) is 32.0 Å². The summed E-state index contributed by atoms with van der Waals surface area (Å²) in [5, 5.41) is 16.7. The minimum atomic E-state index is -4.28. The van der Waals surface area contributed by atoms with Gasteiger partial charge in [-0.15, -0.1) is 0 Å². The van der Waals surface area contributed by atoms with E-state index in [0.29, 0.717) is 0 Å². The number of azide groups is 1. The highest BCUT2D eigenvalue weighted by Crippen LogP contribution is 2.46. The maximum Gasteiger partial charge on any atom is 0.459 e. The highest BCUT2D eigenvalue weighted by molar-refractivity contribution is 7.52. The molecule has 0 unspecified atom stereocenters. The van der Waals surface area contributed by atoms with Crippen molar-refractivity contribution in [2.24, 2.45) is 5.11 Å². The number of carbonyl (C=O) groups excluding carboxylic acids is 1. The summed E-state index contributed by atoms with van der Waals surface area (Å²) in [6, 6.07) is 6.69. The lowest BCUT2D eigenvalue weighted by molar-refractivity contribution is -0.149. The number of hydrogen-bond acceptors (Lipinski definition) is 10. The fourth-order valence-electron chi connectivity index (χ4n) is 3.42. The maximum atomic E-state index is 13.6. The smallest absolute Gasteiger partial charge is 0.459 e. The van der Waals surface area contributed by atoms with E-state index in [1.165, 1.54) is 19.1 Å². The van der Waals surface area contributed by atoms with Gasteiger partial charge in [-0.2, -0.15) is 5.09 Å². The highest BCUT2D eigenvalue weighted by atomic mass is 31.2. The number of aliphatic hydroxyl groups is 1. The molecule has 0 amide bonds. The lowest BCUT2D eigenvalue weighted by Crippen LogP contribution is -2.38. The van der Waals surface area contributed by atoms with E-state index in [1.807, 2.05) is 4.98 Å². The highest BCUT2D eigenvalue weighted by Gasteiger charge is 2.46. The standard InChI is InChI=1S/C21H27N6O9P/c1-12(2)34-20(30)13(3)25-37(32,36-14-7-5-4-6-8-14)33-11-15-18(29)17(24-26-22)19(35-15)27-10-9-16(28)23-21(27)31/h4-10,12-13,15,17-19,29H,11H2,1-3H3,(H,25,32)(H,23,28,31)/t13-,15+,17+,18+,19+,37-/m0/s1. The summed E-state index contributed by atoms with van der Waals surface area (Å²) in [5.41, 5.74) is 7.43. The van der Waals surface area contributed by atoms with Crippen LogP contribution in [0.4, 0.5) is 0 Å². The SMILES string of the molecule is CC(C)OC(=O)[C@H](C)N[P@](=O)(OC[C@H]1O[C@@H](n2ccc(=O)[nH]c2=O)[C@H](N=[N+]=[N-])[C@@H]1O)Oc1ccccc1. The van der Waals surface area contributed by atoms with E-state index >= 15 is 0 Å². The van der Waals surface area contributed by atoms with Crippen LogP contribution in [0.25, 0.3) is 10.4 Å². The van der Waals surface area contributed by atoms with Gasteiger partial charge in [0.2, 0.25) is 0 Å². The Hall–Kier alpha value is -3.45. The number of aromatic nitrogens is 2. The van der Waals surface area contributed by atoms with E-state index in [-0.39, 0.29) is 5.75 Å². The zero-order valence-electron chi connectivity index (χ0n) is 20.2. The molecule has 2 heterocycles. The largest absolute Gasteiger partial charge is 0.462 e. The van der Waals surface area contributed by atoms with Crippen molar-refractivity contribution in [2.45, 2.75) is 57.4 Å². The quantitative estimate of drug-likeness (QED) is 0.124. The van der Waals surface area contributed by atoms with Gasteiger partial charge in [0.15, 0.2) is 0 Å². The van der Waals surface area contributed by atoms with Gasteiger partial charge in [-0.25, -0.2) is 9.36 Å². The number of nitrogens with zero attached hydrogens (tertiary/aromatic N) is 4. The Morgan fingerprint density at radius 3 is 2.62 bits per heavy atom.